The van der Waals surface area contributed by atoms with Gasteiger partial charge in [-0.3, -0.25) is 0 Å². The predicted octanol–water partition coefficient (Wildman–Crippen LogP) is 10.5. The molecule has 3 unspecified atom stereocenters. The molecule has 1 N–H and O–H groups in total. The summed E-state index contributed by atoms with van der Waals surface area (Å²) in [7, 11) is 1.49. The lowest BCUT2D eigenvalue weighted by atomic mass is 9.83. The van der Waals surface area contributed by atoms with Crippen LogP contribution in [0.5, 0.6) is 23.0 Å². The average Bonchev–Trinajstić information content (AvgIpc) is 2.97. The SMILES string of the molecule is COc1cc(/C=C/C(=O)Oc2c(C)c(C)c3c(c2C)CCC(C)(CCCC(C)CCCC(C)CCCC(C)C)O3)ccc1O. The van der Waals surface area contributed by atoms with Gasteiger partial charge >= 0.3 is 5.97 Å². The Morgan fingerprint density at radius 3 is 2.23 bits per heavy atom. The normalized spacial score (nSPS) is 17.8. The summed E-state index contributed by atoms with van der Waals surface area (Å²) >= 11 is 0. The van der Waals surface area contributed by atoms with E-state index in [0.29, 0.717) is 11.5 Å². The van der Waals surface area contributed by atoms with Crippen LogP contribution in [0.1, 0.15) is 127 Å². The number of esters is 1. The molecule has 3 atom stereocenters. The van der Waals surface area contributed by atoms with Gasteiger partial charge in [0.1, 0.15) is 17.1 Å². The number of ether oxygens (including phenoxy) is 3. The maximum absolute atomic E-state index is 12.8. The van der Waals surface area contributed by atoms with Crippen molar-refractivity contribution in [2.75, 3.05) is 7.11 Å². The van der Waals surface area contributed by atoms with Crippen LogP contribution in [0, 0.1) is 38.5 Å². The number of phenolic OH excluding ortho intramolecular Hbond substituents is 1. The van der Waals surface area contributed by atoms with Crippen LogP contribution in [-0.2, 0) is 11.2 Å². The summed E-state index contributed by atoms with van der Waals surface area (Å²) in [5.41, 5.74) is 4.67. The third-order valence-electron chi connectivity index (χ3n) is 9.66. The lowest BCUT2D eigenvalue weighted by Crippen LogP contribution is -2.37. The van der Waals surface area contributed by atoms with Gasteiger partial charge in [-0.25, -0.2) is 4.79 Å². The molecule has 0 amide bonds. The van der Waals surface area contributed by atoms with Crippen LogP contribution in [-0.4, -0.2) is 23.8 Å². The second-order valence-corrected chi connectivity index (χ2v) is 14.1. The molecule has 44 heavy (non-hydrogen) atoms. The minimum atomic E-state index is -0.445. The number of benzene rings is 2. The van der Waals surface area contributed by atoms with E-state index in [1.165, 1.54) is 70.6 Å². The fourth-order valence-corrected chi connectivity index (χ4v) is 6.51. The molecule has 0 spiro atoms. The highest BCUT2D eigenvalue weighted by atomic mass is 16.5. The monoisotopic (exact) mass is 606 g/mol. The molecule has 0 saturated heterocycles. The number of rotatable bonds is 16. The first kappa shape index (κ1) is 35.5. The molecule has 0 saturated carbocycles. The minimum absolute atomic E-state index is 0.0548. The molecule has 1 aliphatic rings. The molecule has 0 fully saturated rings. The van der Waals surface area contributed by atoms with Crippen molar-refractivity contribution in [2.45, 2.75) is 132 Å². The first-order chi connectivity index (χ1) is 20.8. The smallest absolute Gasteiger partial charge is 0.336 e. The van der Waals surface area contributed by atoms with Crippen molar-refractivity contribution in [1.82, 2.24) is 0 Å². The van der Waals surface area contributed by atoms with Crippen LogP contribution in [0.2, 0.25) is 0 Å². The summed E-state index contributed by atoms with van der Waals surface area (Å²) in [6.45, 7) is 17.9. The van der Waals surface area contributed by atoms with E-state index in [4.69, 9.17) is 14.2 Å². The third kappa shape index (κ3) is 10.0. The topological polar surface area (TPSA) is 65.0 Å². The molecular weight excluding hydrogens is 548 g/mol. The van der Waals surface area contributed by atoms with Crippen LogP contribution < -0.4 is 14.2 Å². The first-order valence-electron chi connectivity index (χ1n) is 16.9. The van der Waals surface area contributed by atoms with E-state index in [-0.39, 0.29) is 11.4 Å². The Labute approximate surface area is 267 Å². The molecule has 0 bridgehead atoms. The third-order valence-corrected chi connectivity index (χ3v) is 9.66. The van der Waals surface area contributed by atoms with Gasteiger partial charge in [0, 0.05) is 11.6 Å². The van der Waals surface area contributed by atoms with Crippen LogP contribution in [0.15, 0.2) is 24.3 Å². The highest BCUT2D eigenvalue weighted by Crippen LogP contribution is 2.45. The van der Waals surface area contributed by atoms with E-state index in [0.717, 1.165) is 70.6 Å². The molecule has 2 aromatic rings. The summed E-state index contributed by atoms with van der Waals surface area (Å²) in [4.78, 5) is 12.8. The van der Waals surface area contributed by atoms with E-state index < -0.39 is 5.97 Å². The van der Waals surface area contributed by atoms with Gasteiger partial charge in [-0.1, -0.05) is 78.7 Å². The van der Waals surface area contributed by atoms with Crippen molar-refractivity contribution in [3.8, 4) is 23.0 Å². The lowest BCUT2D eigenvalue weighted by molar-refractivity contribution is -0.129. The van der Waals surface area contributed by atoms with E-state index in [2.05, 4.69) is 41.5 Å². The van der Waals surface area contributed by atoms with E-state index in [9.17, 15) is 9.90 Å². The Hall–Kier alpha value is -2.95. The Kier molecular flexibility index (Phi) is 13.2. The Morgan fingerprint density at radius 2 is 1.59 bits per heavy atom. The average molecular weight is 607 g/mol. The molecular formula is C39H58O5. The molecule has 0 aliphatic carbocycles. The van der Waals surface area contributed by atoms with Crippen LogP contribution in [0.4, 0.5) is 0 Å². The van der Waals surface area contributed by atoms with Crippen molar-refractivity contribution in [1.29, 1.82) is 0 Å². The molecule has 0 radical (unpaired) electrons. The van der Waals surface area contributed by atoms with Crippen LogP contribution in [0.25, 0.3) is 6.08 Å². The number of aromatic hydroxyl groups is 1. The maximum atomic E-state index is 12.8. The fourth-order valence-electron chi connectivity index (χ4n) is 6.51. The Morgan fingerprint density at radius 1 is 0.955 bits per heavy atom. The summed E-state index contributed by atoms with van der Waals surface area (Å²) in [6.07, 6.45) is 16.6. The second kappa shape index (κ2) is 16.4. The minimum Gasteiger partial charge on any atom is -0.504 e. The van der Waals surface area contributed by atoms with Crippen LogP contribution >= 0.6 is 0 Å². The summed E-state index contributed by atoms with van der Waals surface area (Å²) in [6, 6.07) is 4.93. The largest absolute Gasteiger partial charge is 0.504 e. The summed E-state index contributed by atoms with van der Waals surface area (Å²) in [5, 5.41) is 9.81. The quantitative estimate of drug-likeness (QED) is 0.117. The Balaban J connectivity index is 1.54. The van der Waals surface area contributed by atoms with Crippen molar-refractivity contribution < 1.29 is 24.1 Å². The van der Waals surface area contributed by atoms with Crippen LogP contribution in [0.3, 0.4) is 0 Å². The molecule has 2 aromatic carbocycles. The standard InChI is InChI=1S/C39H58O5/c1-26(2)13-10-14-27(3)15-11-16-28(4)17-12-23-39(8)24-22-33-31(7)37(29(5)30(6)38(33)44-39)43-36(41)21-19-32-18-20-34(40)35(25-32)42-9/h18-21,25-28,40H,10-17,22-24H2,1-9H3/b21-19+. The number of carbonyl (C=O) groups excluding carboxylic acids is 1. The van der Waals surface area contributed by atoms with Gasteiger partial charge in [-0.2, -0.15) is 0 Å². The Bertz CT molecular complexity index is 1280. The number of methoxy groups -OCH3 is 1. The van der Waals surface area contributed by atoms with Crippen molar-refractivity contribution in [3.63, 3.8) is 0 Å². The van der Waals surface area contributed by atoms with Gasteiger partial charge in [0.2, 0.25) is 0 Å². The zero-order valence-corrected chi connectivity index (χ0v) is 29.0. The van der Waals surface area contributed by atoms with Gasteiger partial charge < -0.3 is 19.3 Å². The van der Waals surface area contributed by atoms with Gasteiger partial charge in [0.15, 0.2) is 11.5 Å². The van der Waals surface area contributed by atoms with Gasteiger partial charge in [-0.05, 0) is 112 Å². The highest BCUT2D eigenvalue weighted by molar-refractivity contribution is 5.89. The fraction of sp³-hybridized carbons (Fsp3) is 0.615. The second-order valence-electron chi connectivity index (χ2n) is 14.1. The number of carbonyl (C=O) groups is 1. The van der Waals surface area contributed by atoms with E-state index in [1.807, 2.05) is 13.8 Å². The molecule has 5 nitrogen and oxygen atoms in total. The van der Waals surface area contributed by atoms with Crippen molar-refractivity contribution in [3.05, 3.63) is 52.1 Å². The molecule has 5 heteroatoms. The number of fused-ring (bicyclic) bond motifs is 1. The molecule has 244 valence electrons. The zero-order valence-electron chi connectivity index (χ0n) is 29.0. The summed E-state index contributed by atoms with van der Waals surface area (Å²) < 4.78 is 17.8. The zero-order chi connectivity index (χ0) is 32.4. The lowest BCUT2D eigenvalue weighted by Gasteiger charge is -2.38. The summed E-state index contributed by atoms with van der Waals surface area (Å²) in [5.74, 6) is 3.98. The van der Waals surface area contributed by atoms with E-state index in [1.54, 1.807) is 18.2 Å². The van der Waals surface area contributed by atoms with Crippen molar-refractivity contribution in [2.24, 2.45) is 17.8 Å². The van der Waals surface area contributed by atoms with Crippen molar-refractivity contribution >= 4 is 12.0 Å². The van der Waals surface area contributed by atoms with E-state index >= 15 is 0 Å². The van der Waals surface area contributed by atoms with Gasteiger partial charge in [0.25, 0.3) is 0 Å². The molecule has 3 rings (SSSR count). The van der Waals surface area contributed by atoms with Gasteiger partial charge in [-0.15, -0.1) is 0 Å². The number of hydrogen-bond donors (Lipinski definition) is 1. The predicted molar refractivity (Wildman–Crippen MR) is 182 cm³/mol. The molecule has 1 aliphatic heterocycles. The first-order valence-corrected chi connectivity index (χ1v) is 16.9. The number of phenols is 1. The number of hydrogen-bond acceptors (Lipinski definition) is 5. The van der Waals surface area contributed by atoms with Gasteiger partial charge in [0.05, 0.1) is 7.11 Å². The molecule has 1 heterocycles. The highest BCUT2D eigenvalue weighted by Gasteiger charge is 2.34. The maximum Gasteiger partial charge on any atom is 0.336 e. The molecule has 0 aromatic heterocycles.